The fraction of sp³-hybridized carbons (Fsp3) is 0.250. The minimum atomic E-state index is -1.11. The van der Waals surface area contributed by atoms with E-state index in [4.69, 9.17) is 0 Å². The van der Waals surface area contributed by atoms with Crippen LogP contribution in [0.2, 0.25) is 0 Å². The summed E-state index contributed by atoms with van der Waals surface area (Å²) < 4.78 is 0. The molecule has 0 fully saturated rings. The predicted molar refractivity (Wildman–Crippen MR) is 80.4 cm³/mol. The monoisotopic (exact) mass is 299 g/mol. The number of nitrogens with zero attached hydrogens (tertiary/aromatic N) is 2. The Morgan fingerprint density at radius 1 is 1.23 bits per heavy atom. The van der Waals surface area contributed by atoms with Crippen molar-refractivity contribution in [2.45, 2.75) is 26.3 Å². The van der Waals surface area contributed by atoms with E-state index in [0.29, 0.717) is 28.9 Å². The van der Waals surface area contributed by atoms with Crippen LogP contribution >= 0.6 is 0 Å². The number of hydrogen-bond acceptors (Lipinski definition) is 4. The van der Waals surface area contributed by atoms with Gasteiger partial charge in [0.1, 0.15) is 0 Å². The van der Waals surface area contributed by atoms with Crippen LogP contribution in [-0.2, 0) is 11.2 Å². The lowest BCUT2D eigenvalue weighted by Gasteiger charge is -2.16. The van der Waals surface area contributed by atoms with Gasteiger partial charge in [-0.25, -0.2) is 4.79 Å². The number of carbonyl (C=O) groups excluding carboxylic acids is 1. The van der Waals surface area contributed by atoms with Crippen LogP contribution in [0, 0.1) is 6.92 Å². The predicted octanol–water partition coefficient (Wildman–Crippen LogP) is 1.90. The van der Waals surface area contributed by atoms with E-state index in [9.17, 15) is 14.7 Å². The molecule has 0 saturated carbocycles. The van der Waals surface area contributed by atoms with Crippen molar-refractivity contribution < 1.29 is 14.7 Å². The highest BCUT2D eigenvalue weighted by molar-refractivity contribution is 5.97. The standard InChI is InChI=1S/C16H17N3O3/c1-3-13-12(9-10(2)18-19-13)15(20)17-14(16(21)22)11-7-5-4-6-8-11/h4-9,14H,3H2,1-2H3,(H,17,20)(H,21,22)/t14-/m0/s1. The van der Waals surface area contributed by atoms with Crippen LogP contribution in [0.5, 0.6) is 0 Å². The van der Waals surface area contributed by atoms with Crippen molar-refractivity contribution in [3.8, 4) is 0 Å². The van der Waals surface area contributed by atoms with Crippen LogP contribution < -0.4 is 5.32 Å². The van der Waals surface area contributed by atoms with E-state index in [1.165, 1.54) is 0 Å². The molecule has 2 N–H and O–H groups in total. The molecule has 0 bridgehead atoms. The van der Waals surface area contributed by atoms with Gasteiger partial charge in [0.05, 0.1) is 17.0 Å². The molecular formula is C16H17N3O3. The molecule has 0 aliphatic carbocycles. The van der Waals surface area contributed by atoms with Crippen molar-refractivity contribution in [1.82, 2.24) is 15.5 Å². The number of amides is 1. The first-order chi connectivity index (χ1) is 10.5. The molecule has 1 aromatic heterocycles. The summed E-state index contributed by atoms with van der Waals surface area (Å²) in [6.45, 7) is 3.59. The van der Waals surface area contributed by atoms with Crippen molar-refractivity contribution in [3.63, 3.8) is 0 Å². The van der Waals surface area contributed by atoms with E-state index in [1.807, 2.05) is 6.92 Å². The highest BCUT2D eigenvalue weighted by atomic mass is 16.4. The summed E-state index contributed by atoms with van der Waals surface area (Å²) >= 11 is 0. The zero-order valence-electron chi connectivity index (χ0n) is 12.4. The summed E-state index contributed by atoms with van der Waals surface area (Å²) in [5.74, 6) is -1.58. The molecule has 0 aliphatic rings. The summed E-state index contributed by atoms with van der Waals surface area (Å²) in [7, 11) is 0. The van der Waals surface area contributed by atoms with Gasteiger partial charge < -0.3 is 10.4 Å². The van der Waals surface area contributed by atoms with E-state index < -0.39 is 17.9 Å². The molecule has 6 nitrogen and oxygen atoms in total. The van der Waals surface area contributed by atoms with Crippen molar-refractivity contribution in [2.75, 3.05) is 0 Å². The first-order valence-electron chi connectivity index (χ1n) is 6.94. The lowest BCUT2D eigenvalue weighted by Crippen LogP contribution is -2.34. The van der Waals surface area contributed by atoms with Gasteiger partial charge in [0.15, 0.2) is 6.04 Å². The fourth-order valence-electron chi connectivity index (χ4n) is 2.11. The second kappa shape index (κ2) is 6.80. The van der Waals surface area contributed by atoms with Crippen molar-refractivity contribution in [3.05, 3.63) is 58.9 Å². The van der Waals surface area contributed by atoms with E-state index >= 15 is 0 Å². The van der Waals surface area contributed by atoms with Gasteiger partial charge in [0.2, 0.25) is 0 Å². The van der Waals surface area contributed by atoms with E-state index in [0.717, 1.165) is 0 Å². The third-order valence-corrected chi connectivity index (χ3v) is 3.23. The maximum Gasteiger partial charge on any atom is 0.330 e. The van der Waals surface area contributed by atoms with Crippen molar-refractivity contribution >= 4 is 11.9 Å². The van der Waals surface area contributed by atoms with Crippen LogP contribution in [0.1, 0.15) is 40.3 Å². The molecule has 0 radical (unpaired) electrons. The second-order valence-electron chi connectivity index (χ2n) is 4.86. The Labute approximate surface area is 128 Å². The summed E-state index contributed by atoms with van der Waals surface area (Å²) in [6.07, 6.45) is 0.541. The van der Waals surface area contributed by atoms with Gasteiger partial charge in [0.25, 0.3) is 5.91 Å². The number of benzene rings is 1. The molecule has 1 aromatic carbocycles. The van der Waals surface area contributed by atoms with Crippen LogP contribution in [-0.4, -0.2) is 27.2 Å². The minimum absolute atomic E-state index is 0.359. The Morgan fingerprint density at radius 2 is 1.91 bits per heavy atom. The maximum atomic E-state index is 12.4. The number of carboxylic acid groups (broad SMARTS) is 1. The quantitative estimate of drug-likeness (QED) is 0.879. The van der Waals surface area contributed by atoms with E-state index in [-0.39, 0.29) is 0 Å². The summed E-state index contributed by atoms with van der Waals surface area (Å²) in [5, 5.41) is 19.8. The average Bonchev–Trinajstić information content (AvgIpc) is 2.52. The van der Waals surface area contributed by atoms with E-state index in [2.05, 4.69) is 15.5 Å². The molecule has 114 valence electrons. The van der Waals surface area contributed by atoms with Gasteiger partial charge >= 0.3 is 5.97 Å². The van der Waals surface area contributed by atoms with Gasteiger partial charge in [-0.15, -0.1) is 0 Å². The van der Waals surface area contributed by atoms with Gasteiger partial charge in [0, 0.05) is 0 Å². The summed E-state index contributed by atoms with van der Waals surface area (Å²) in [5.41, 5.74) is 2.02. The number of aryl methyl sites for hydroxylation is 2. The number of aliphatic carboxylic acids is 1. The van der Waals surface area contributed by atoms with Gasteiger partial charge in [-0.05, 0) is 25.0 Å². The molecule has 2 aromatic rings. The third-order valence-electron chi connectivity index (χ3n) is 3.23. The first-order valence-corrected chi connectivity index (χ1v) is 6.94. The van der Waals surface area contributed by atoms with Crippen LogP contribution in [0.4, 0.5) is 0 Å². The molecule has 22 heavy (non-hydrogen) atoms. The zero-order chi connectivity index (χ0) is 16.1. The van der Waals surface area contributed by atoms with Crippen molar-refractivity contribution in [2.24, 2.45) is 0 Å². The highest BCUT2D eigenvalue weighted by Crippen LogP contribution is 2.15. The first kappa shape index (κ1) is 15.6. The Hall–Kier alpha value is -2.76. The largest absolute Gasteiger partial charge is 0.479 e. The number of nitrogens with one attached hydrogen (secondary N) is 1. The number of rotatable bonds is 5. The molecule has 0 spiro atoms. The molecule has 1 heterocycles. The molecule has 0 saturated heterocycles. The number of hydrogen-bond donors (Lipinski definition) is 2. The van der Waals surface area contributed by atoms with Gasteiger partial charge in [-0.3, -0.25) is 4.79 Å². The normalized spacial score (nSPS) is 11.7. The average molecular weight is 299 g/mol. The van der Waals surface area contributed by atoms with Crippen molar-refractivity contribution in [1.29, 1.82) is 0 Å². The zero-order valence-corrected chi connectivity index (χ0v) is 12.4. The Balaban J connectivity index is 2.30. The summed E-state index contributed by atoms with van der Waals surface area (Å²) in [6, 6.07) is 9.08. The topological polar surface area (TPSA) is 92.2 Å². The van der Waals surface area contributed by atoms with Crippen LogP contribution in [0.15, 0.2) is 36.4 Å². The van der Waals surface area contributed by atoms with Gasteiger partial charge in [-0.1, -0.05) is 37.3 Å². The fourth-order valence-corrected chi connectivity index (χ4v) is 2.11. The van der Waals surface area contributed by atoms with Crippen LogP contribution in [0.3, 0.4) is 0 Å². The summed E-state index contributed by atoms with van der Waals surface area (Å²) in [4.78, 5) is 23.9. The van der Waals surface area contributed by atoms with Gasteiger partial charge in [-0.2, -0.15) is 10.2 Å². The molecule has 1 atom stereocenters. The Morgan fingerprint density at radius 3 is 2.50 bits per heavy atom. The molecule has 2 rings (SSSR count). The molecule has 0 aliphatic heterocycles. The Bertz CT molecular complexity index is 686. The molecule has 6 heteroatoms. The number of carbonyl (C=O) groups is 2. The molecule has 1 amide bonds. The Kier molecular flexibility index (Phi) is 4.83. The number of carboxylic acids is 1. The lowest BCUT2D eigenvalue weighted by molar-refractivity contribution is -0.139. The SMILES string of the molecule is CCc1nnc(C)cc1C(=O)N[C@H](C(=O)O)c1ccccc1. The number of aromatic nitrogens is 2. The van der Waals surface area contributed by atoms with Crippen LogP contribution in [0.25, 0.3) is 0 Å². The molecular weight excluding hydrogens is 282 g/mol. The highest BCUT2D eigenvalue weighted by Gasteiger charge is 2.24. The minimum Gasteiger partial charge on any atom is -0.479 e. The molecule has 0 unspecified atom stereocenters. The lowest BCUT2D eigenvalue weighted by atomic mass is 10.1. The second-order valence-corrected chi connectivity index (χ2v) is 4.86. The van der Waals surface area contributed by atoms with E-state index in [1.54, 1.807) is 43.3 Å². The maximum absolute atomic E-state index is 12.4. The smallest absolute Gasteiger partial charge is 0.330 e. The third kappa shape index (κ3) is 3.46.